The summed E-state index contributed by atoms with van der Waals surface area (Å²) in [5.74, 6) is 0.727. The molecule has 0 bridgehead atoms. The Labute approximate surface area is 301 Å². The second-order valence-corrected chi connectivity index (χ2v) is 16.0. The summed E-state index contributed by atoms with van der Waals surface area (Å²) in [6.45, 7) is 0. The number of rotatable bonds is 2. The molecule has 0 N–H and O–H groups in total. The number of benzene rings is 8. The summed E-state index contributed by atoms with van der Waals surface area (Å²) in [6, 6.07) is 64.7. The van der Waals surface area contributed by atoms with Crippen molar-refractivity contribution in [3.63, 3.8) is 0 Å². The Morgan fingerprint density at radius 3 is 0.980 bits per heavy atom. The molecule has 8 aromatic rings. The van der Waals surface area contributed by atoms with Gasteiger partial charge in [0.15, 0.2) is 0 Å². The van der Waals surface area contributed by atoms with Crippen LogP contribution in [0.3, 0.4) is 0 Å². The molecular formula is C48H32S2. The Balaban J connectivity index is 1.32. The first-order chi connectivity index (χ1) is 24.8. The van der Waals surface area contributed by atoms with Gasteiger partial charge in [-0.25, -0.2) is 0 Å². The van der Waals surface area contributed by atoms with Crippen LogP contribution < -0.4 is 0 Å². The molecular weight excluding hydrogens is 641 g/mol. The lowest BCUT2D eigenvalue weighted by molar-refractivity contribution is 0.434. The monoisotopic (exact) mass is 672 g/mol. The summed E-state index contributed by atoms with van der Waals surface area (Å²) in [6.07, 6.45) is 0. The maximum atomic E-state index is 2.50. The number of hydrogen-bond donors (Lipinski definition) is 0. The lowest BCUT2D eigenvalue weighted by Crippen LogP contribution is -2.31. The number of hydrogen-bond acceptors (Lipinski definition) is 2. The van der Waals surface area contributed by atoms with Gasteiger partial charge in [0.1, 0.15) is 0 Å². The van der Waals surface area contributed by atoms with Crippen LogP contribution in [0.5, 0.6) is 0 Å². The van der Waals surface area contributed by atoms with Crippen molar-refractivity contribution < 1.29 is 0 Å². The molecule has 2 heterocycles. The molecule has 0 aromatic heterocycles. The van der Waals surface area contributed by atoms with E-state index in [2.05, 4.69) is 170 Å². The summed E-state index contributed by atoms with van der Waals surface area (Å²) in [4.78, 5) is 5.51. The van der Waals surface area contributed by atoms with Crippen LogP contribution >= 0.6 is 23.5 Å². The van der Waals surface area contributed by atoms with Gasteiger partial charge >= 0.3 is 0 Å². The lowest BCUT2D eigenvalue weighted by Gasteiger charge is -2.47. The fourth-order valence-corrected chi connectivity index (χ4v) is 11.8. The van der Waals surface area contributed by atoms with E-state index < -0.39 is 0 Å². The van der Waals surface area contributed by atoms with Gasteiger partial charge in [0, 0.05) is 43.3 Å². The van der Waals surface area contributed by atoms with Gasteiger partial charge in [0.2, 0.25) is 0 Å². The normalized spacial score (nSPS) is 17.7. The van der Waals surface area contributed by atoms with Crippen LogP contribution in [0.1, 0.15) is 57.1 Å². The third-order valence-corrected chi connectivity index (χ3v) is 13.8. The van der Waals surface area contributed by atoms with Crippen molar-refractivity contribution in [2.75, 3.05) is 0 Å². The van der Waals surface area contributed by atoms with Crippen molar-refractivity contribution in [2.24, 2.45) is 0 Å². The van der Waals surface area contributed by atoms with Gasteiger partial charge in [0.25, 0.3) is 0 Å². The quantitative estimate of drug-likeness (QED) is 0.179. The van der Waals surface area contributed by atoms with Gasteiger partial charge in [-0.1, -0.05) is 169 Å². The van der Waals surface area contributed by atoms with Gasteiger partial charge < -0.3 is 0 Å². The van der Waals surface area contributed by atoms with Crippen LogP contribution in [0, 0.1) is 0 Å². The lowest BCUT2D eigenvalue weighted by atomic mass is 9.57. The Hall–Kier alpha value is -5.02. The van der Waals surface area contributed by atoms with Crippen LogP contribution in [-0.4, -0.2) is 0 Å². The molecule has 1 aliphatic carbocycles. The first kappa shape index (κ1) is 28.8. The standard InChI is InChI=1S/C48H32S2/c1-3-15-31-29(13-1)25-27-37-43(31)44-32-16-4-2-14-30(32)26-28-38(44)48(46-35-19-7-11-23-41(35)50-42-24-12-8-20-36(42)46)47(37)45-33-17-5-9-21-39(33)49-40-22-10-6-18-34(40)45/h1-28,45-48H/t47-,48-/m1/s1. The fraction of sp³-hybridized carbons (Fsp3) is 0.0833. The molecule has 0 fully saturated rings. The molecule has 2 aliphatic heterocycles. The van der Waals surface area contributed by atoms with Gasteiger partial charge in [-0.15, -0.1) is 0 Å². The zero-order valence-electron chi connectivity index (χ0n) is 27.3. The van der Waals surface area contributed by atoms with E-state index in [4.69, 9.17) is 0 Å². The van der Waals surface area contributed by atoms with Crippen molar-refractivity contribution >= 4 is 45.1 Å². The molecule has 50 heavy (non-hydrogen) atoms. The smallest absolute Gasteiger partial charge is 0.0187 e. The molecule has 0 radical (unpaired) electrons. The first-order valence-electron chi connectivity index (χ1n) is 17.6. The van der Waals surface area contributed by atoms with Crippen molar-refractivity contribution in [2.45, 2.75) is 43.3 Å². The third-order valence-electron chi connectivity index (χ3n) is 11.5. The second kappa shape index (κ2) is 11.3. The van der Waals surface area contributed by atoms with E-state index in [0.29, 0.717) is 0 Å². The Bertz CT molecular complexity index is 2380. The zero-order valence-corrected chi connectivity index (χ0v) is 28.9. The topological polar surface area (TPSA) is 0 Å². The highest BCUT2D eigenvalue weighted by atomic mass is 32.2. The Kier molecular flexibility index (Phi) is 6.48. The summed E-state index contributed by atoms with van der Waals surface area (Å²) < 4.78 is 0. The molecule has 0 unspecified atom stereocenters. The van der Waals surface area contributed by atoms with Crippen molar-refractivity contribution in [3.8, 4) is 11.1 Å². The summed E-state index contributed by atoms with van der Waals surface area (Å²) in [5.41, 5.74) is 11.5. The molecule has 3 aliphatic rings. The highest BCUT2D eigenvalue weighted by Crippen LogP contribution is 2.65. The van der Waals surface area contributed by atoms with E-state index in [1.807, 2.05) is 23.5 Å². The van der Waals surface area contributed by atoms with Gasteiger partial charge in [-0.2, -0.15) is 0 Å². The van der Waals surface area contributed by atoms with Crippen LogP contribution in [0.25, 0.3) is 32.7 Å². The van der Waals surface area contributed by atoms with E-state index in [1.165, 1.54) is 85.6 Å². The third kappa shape index (κ3) is 4.16. The van der Waals surface area contributed by atoms with Crippen molar-refractivity contribution in [1.29, 1.82) is 0 Å². The largest absolute Gasteiger partial charge is 0.0895 e. The van der Waals surface area contributed by atoms with Gasteiger partial charge in [-0.3, -0.25) is 0 Å². The highest BCUT2D eigenvalue weighted by Gasteiger charge is 2.48. The minimum atomic E-state index is 0.181. The van der Waals surface area contributed by atoms with E-state index in [1.54, 1.807) is 0 Å². The minimum absolute atomic E-state index is 0.181. The van der Waals surface area contributed by atoms with Crippen LogP contribution in [0.4, 0.5) is 0 Å². The molecule has 236 valence electrons. The molecule has 0 saturated carbocycles. The average molecular weight is 673 g/mol. The summed E-state index contributed by atoms with van der Waals surface area (Å²) in [5, 5.41) is 5.29. The number of fused-ring (bicyclic) bond motifs is 11. The Morgan fingerprint density at radius 1 is 0.280 bits per heavy atom. The van der Waals surface area contributed by atoms with Crippen molar-refractivity contribution in [3.05, 3.63) is 203 Å². The molecule has 11 rings (SSSR count). The maximum Gasteiger partial charge on any atom is 0.0187 e. The first-order valence-corrected chi connectivity index (χ1v) is 19.2. The summed E-state index contributed by atoms with van der Waals surface area (Å²) >= 11 is 3.86. The molecule has 0 amide bonds. The van der Waals surface area contributed by atoms with Crippen LogP contribution in [-0.2, 0) is 0 Å². The molecule has 0 saturated heterocycles. The summed E-state index contributed by atoms with van der Waals surface area (Å²) in [7, 11) is 0. The molecule has 2 atom stereocenters. The van der Waals surface area contributed by atoms with Crippen LogP contribution in [0.15, 0.2) is 189 Å². The van der Waals surface area contributed by atoms with E-state index in [-0.39, 0.29) is 23.7 Å². The zero-order chi connectivity index (χ0) is 32.8. The van der Waals surface area contributed by atoms with Crippen molar-refractivity contribution in [1.82, 2.24) is 0 Å². The predicted molar refractivity (Wildman–Crippen MR) is 210 cm³/mol. The van der Waals surface area contributed by atoms with Gasteiger partial charge in [0.05, 0.1) is 0 Å². The van der Waals surface area contributed by atoms with Gasteiger partial charge in [-0.05, 0) is 90.3 Å². The van der Waals surface area contributed by atoms with E-state index in [9.17, 15) is 0 Å². The fourth-order valence-electron chi connectivity index (χ4n) is 9.52. The molecule has 8 aromatic carbocycles. The second-order valence-electron chi connectivity index (χ2n) is 13.9. The highest BCUT2D eigenvalue weighted by molar-refractivity contribution is 7.99. The molecule has 0 spiro atoms. The van der Waals surface area contributed by atoms with E-state index in [0.717, 1.165) is 0 Å². The average Bonchev–Trinajstić information content (AvgIpc) is 3.18. The predicted octanol–water partition coefficient (Wildman–Crippen LogP) is 13.4. The maximum absolute atomic E-state index is 2.50. The molecule has 2 heteroatoms. The van der Waals surface area contributed by atoms with E-state index >= 15 is 0 Å². The minimum Gasteiger partial charge on any atom is -0.0895 e. The molecule has 0 nitrogen and oxygen atoms in total. The Morgan fingerprint density at radius 2 is 0.600 bits per heavy atom. The SMILES string of the molecule is c1ccc2c(c1)Sc1ccccc1C2[C@H]1c2ccc3ccccc3c2-c2c(ccc3ccccc23)[C@@H]1C1c2ccccc2Sc2ccccc21. The van der Waals surface area contributed by atoms with Crippen LogP contribution in [0.2, 0.25) is 0 Å².